The van der Waals surface area contributed by atoms with E-state index in [1.54, 1.807) is 18.4 Å². The summed E-state index contributed by atoms with van der Waals surface area (Å²) in [6.45, 7) is 6.30. The van der Waals surface area contributed by atoms with E-state index in [-0.39, 0.29) is 5.82 Å². The van der Waals surface area contributed by atoms with Crippen LogP contribution >= 0.6 is 0 Å². The Morgan fingerprint density at radius 1 is 1.35 bits per heavy atom. The van der Waals surface area contributed by atoms with Gasteiger partial charge in [0.1, 0.15) is 5.82 Å². The minimum atomic E-state index is -0.258. The number of anilines is 1. The largest absolute Gasteiger partial charge is 0.372 e. The van der Waals surface area contributed by atoms with Gasteiger partial charge in [-0.2, -0.15) is 5.10 Å². The molecule has 0 amide bonds. The summed E-state index contributed by atoms with van der Waals surface area (Å²) in [7, 11) is 1.84. The van der Waals surface area contributed by atoms with Crippen LogP contribution < -0.4 is 16.5 Å². The van der Waals surface area contributed by atoms with Crippen molar-refractivity contribution in [2.24, 2.45) is 10.9 Å². The van der Waals surface area contributed by atoms with E-state index in [1.807, 2.05) is 32.2 Å². The van der Waals surface area contributed by atoms with Crippen LogP contribution in [-0.4, -0.2) is 19.9 Å². The Morgan fingerprint density at radius 3 is 2.74 bits per heavy atom. The molecule has 0 radical (unpaired) electrons. The third kappa shape index (κ3) is 3.57. The van der Waals surface area contributed by atoms with Crippen LogP contribution in [0.25, 0.3) is 17.2 Å². The number of aryl methyl sites for hydroxylation is 1. The second-order valence-electron chi connectivity index (χ2n) is 5.15. The number of halogens is 1. The highest BCUT2D eigenvalue weighted by Crippen LogP contribution is 2.32. The summed E-state index contributed by atoms with van der Waals surface area (Å²) < 4.78 is 14.3. The van der Waals surface area contributed by atoms with Crippen LogP contribution in [0.15, 0.2) is 42.0 Å². The normalized spacial score (nSPS) is 10.9. The Kier molecular flexibility index (Phi) is 5.49. The molecule has 2 rings (SSSR count). The number of nitrogens with two attached hydrogens (primary N) is 1. The smallest absolute Gasteiger partial charge is 0.131 e. The Morgan fingerprint density at radius 2 is 2.13 bits per heavy atom. The molecule has 0 atom stereocenters. The minimum absolute atomic E-state index is 0.258. The molecule has 0 heterocycles. The van der Waals surface area contributed by atoms with Gasteiger partial charge in [-0.3, -0.25) is 0 Å². The summed E-state index contributed by atoms with van der Waals surface area (Å²) in [5.41, 5.74) is 4.69. The Balaban J connectivity index is 2.69. The first-order valence-electron chi connectivity index (χ1n) is 7.30. The molecule has 0 aromatic heterocycles. The predicted molar refractivity (Wildman–Crippen MR) is 96.0 cm³/mol. The van der Waals surface area contributed by atoms with Crippen molar-refractivity contribution < 1.29 is 4.39 Å². The molecule has 2 aromatic carbocycles. The standard InChI is InChI=1S/C18H21FN4/c1-4-15-14(10-23-20)8-13(9-17(15)22-11-21-3)18-12(2)6-5-7-16(18)19/h4-10,21-22H,1,11,20H2,2-3H3/b23-10-. The first-order chi connectivity index (χ1) is 11.1. The zero-order valence-corrected chi connectivity index (χ0v) is 13.4. The van der Waals surface area contributed by atoms with E-state index >= 15 is 0 Å². The number of nitrogens with one attached hydrogen (secondary N) is 2. The number of nitrogens with zero attached hydrogens (tertiary/aromatic N) is 1. The van der Waals surface area contributed by atoms with Gasteiger partial charge in [-0.05, 0) is 43.3 Å². The lowest BCUT2D eigenvalue weighted by Gasteiger charge is -2.16. The fraction of sp³-hybridized carbons (Fsp3) is 0.167. The fourth-order valence-corrected chi connectivity index (χ4v) is 2.56. The summed E-state index contributed by atoms with van der Waals surface area (Å²) in [5, 5.41) is 9.88. The zero-order valence-electron chi connectivity index (χ0n) is 13.4. The van der Waals surface area contributed by atoms with Gasteiger partial charge in [0.2, 0.25) is 0 Å². The van der Waals surface area contributed by atoms with E-state index in [1.165, 1.54) is 6.07 Å². The Hall–Kier alpha value is -2.66. The molecule has 0 fully saturated rings. The maximum Gasteiger partial charge on any atom is 0.131 e. The number of benzene rings is 2. The lowest BCUT2D eigenvalue weighted by Crippen LogP contribution is -2.17. The van der Waals surface area contributed by atoms with Crippen LogP contribution in [0.5, 0.6) is 0 Å². The van der Waals surface area contributed by atoms with Crippen molar-refractivity contribution in [2.45, 2.75) is 6.92 Å². The van der Waals surface area contributed by atoms with Crippen molar-refractivity contribution in [3.8, 4) is 11.1 Å². The van der Waals surface area contributed by atoms with Crippen molar-refractivity contribution in [1.82, 2.24) is 5.32 Å². The molecule has 0 bridgehead atoms. The predicted octanol–water partition coefficient (Wildman–Crippen LogP) is 3.33. The van der Waals surface area contributed by atoms with E-state index in [0.29, 0.717) is 12.2 Å². The molecule has 23 heavy (non-hydrogen) atoms. The molecule has 0 saturated carbocycles. The summed E-state index contributed by atoms with van der Waals surface area (Å²) in [6.07, 6.45) is 3.27. The SMILES string of the molecule is C=Cc1c(/C=N\N)cc(-c2c(C)cccc2F)cc1NCNC. The van der Waals surface area contributed by atoms with E-state index in [9.17, 15) is 4.39 Å². The monoisotopic (exact) mass is 312 g/mol. The molecule has 4 nitrogen and oxygen atoms in total. The van der Waals surface area contributed by atoms with Crippen LogP contribution in [0.3, 0.4) is 0 Å². The van der Waals surface area contributed by atoms with Crippen molar-refractivity contribution in [1.29, 1.82) is 0 Å². The molecular formula is C18H21FN4. The molecule has 120 valence electrons. The molecule has 0 saturated heterocycles. The van der Waals surface area contributed by atoms with Crippen LogP contribution in [-0.2, 0) is 0 Å². The van der Waals surface area contributed by atoms with Crippen molar-refractivity contribution in [3.63, 3.8) is 0 Å². The second-order valence-corrected chi connectivity index (χ2v) is 5.15. The lowest BCUT2D eigenvalue weighted by atomic mass is 9.94. The van der Waals surface area contributed by atoms with Gasteiger partial charge in [0.25, 0.3) is 0 Å². The number of hydrazone groups is 1. The van der Waals surface area contributed by atoms with Gasteiger partial charge in [-0.15, -0.1) is 0 Å². The first kappa shape index (κ1) is 16.7. The number of hydrogen-bond donors (Lipinski definition) is 3. The summed E-state index contributed by atoms with van der Waals surface area (Å²) in [4.78, 5) is 0. The summed E-state index contributed by atoms with van der Waals surface area (Å²) >= 11 is 0. The van der Waals surface area contributed by atoms with Gasteiger partial charge < -0.3 is 16.5 Å². The molecule has 2 aromatic rings. The van der Waals surface area contributed by atoms with E-state index < -0.39 is 0 Å². The topological polar surface area (TPSA) is 62.4 Å². The molecule has 5 heteroatoms. The highest BCUT2D eigenvalue weighted by atomic mass is 19.1. The highest BCUT2D eigenvalue weighted by Gasteiger charge is 2.13. The average Bonchev–Trinajstić information content (AvgIpc) is 2.53. The average molecular weight is 312 g/mol. The van der Waals surface area contributed by atoms with Gasteiger partial charge in [-0.1, -0.05) is 24.8 Å². The van der Waals surface area contributed by atoms with E-state index in [2.05, 4.69) is 22.3 Å². The summed E-state index contributed by atoms with van der Waals surface area (Å²) in [6, 6.07) is 8.82. The molecule has 0 aliphatic carbocycles. The van der Waals surface area contributed by atoms with Gasteiger partial charge in [0, 0.05) is 22.4 Å². The highest BCUT2D eigenvalue weighted by molar-refractivity contribution is 5.92. The zero-order chi connectivity index (χ0) is 16.8. The number of rotatable bonds is 6. The second kappa shape index (κ2) is 7.56. The first-order valence-corrected chi connectivity index (χ1v) is 7.30. The molecule has 0 aliphatic rings. The van der Waals surface area contributed by atoms with Crippen LogP contribution in [0.4, 0.5) is 10.1 Å². The fourth-order valence-electron chi connectivity index (χ4n) is 2.56. The van der Waals surface area contributed by atoms with E-state index in [0.717, 1.165) is 27.9 Å². The Labute approximate surface area is 135 Å². The van der Waals surface area contributed by atoms with Crippen LogP contribution in [0, 0.1) is 12.7 Å². The maximum absolute atomic E-state index is 14.3. The molecule has 4 N–H and O–H groups in total. The van der Waals surface area contributed by atoms with Gasteiger partial charge >= 0.3 is 0 Å². The van der Waals surface area contributed by atoms with Gasteiger partial charge in [-0.25, -0.2) is 4.39 Å². The molecule has 0 unspecified atom stereocenters. The quantitative estimate of drug-likeness (QED) is 0.332. The Bertz CT molecular complexity index is 718. The van der Waals surface area contributed by atoms with Crippen molar-refractivity contribution >= 4 is 18.0 Å². The molecular weight excluding hydrogens is 291 g/mol. The lowest BCUT2D eigenvalue weighted by molar-refractivity contribution is 0.630. The van der Waals surface area contributed by atoms with Gasteiger partial charge in [0.05, 0.1) is 12.9 Å². The van der Waals surface area contributed by atoms with Crippen molar-refractivity contribution in [3.05, 3.63) is 59.4 Å². The maximum atomic E-state index is 14.3. The summed E-state index contributed by atoms with van der Waals surface area (Å²) in [5.74, 6) is 5.05. The van der Waals surface area contributed by atoms with E-state index in [4.69, 9.17) is 5.84 Å². The minimum Gasteiger partial charge on any atom is -0.372 e. The third-order valence-corrected chi connectivity index (χ3v) is 3.60. The third-order valence-electron chi connectivity index (χ3n) is 3.60. The molecule has 0 spiro atoms. The molecule has 0 aliphatic heterocycles. The van der Waals surface area contributed by atoms with Gasteiger partial charge in [0.15, 0.2) is 0 Å². The van der Waals surface area contributed by atoms with Crippen LogP contribution in [0.2, 0.25) is 0 Å². The van der Waals surface area contributed by atoms with Crippen LogP contribution in [0.1, 0.15) is 16.7 Å². The number of hydrogen-bond acceptors (Lipinski definition) is 4. The van der Waals surface area contributed by atoms with Crippen molar-refractivity contribution in [2.75, 3.05) is 19.0 Å².